The molecular weight excluding hydrogens is 398 g/mol. The second-order valence-electron chi connectivity index (χ2n) is 6.12. The zero-order chi connectivity index (χ0) is 20.4. The Labute approximate surface area is 169 Å². The van der Waals surface area contributed by atoms with Gasteiger partial charge in [-0.2, -0.15) is 0 Å². The molecule has 8 heteroatoms. The molecule has 29 heavy (non-hydrogen) atoms. The number of halogens is 3. The SMILES string of the molecule is O=C(Nc1cccc(Cl)c1)c1nc(-c2ccc(F)cc2)n(-c2ccc(F)cc2)n1. The number of hydrogen-bond donors (Lipinski definition) is 1. The Kier molecular flexibility index (Phi) is 5.05. The van der Waals surface area contributed by atoms with Gasteiger partial charge in [0.2, 0.25) is 5.82 Å². The molecule has 4 rings (SSSR count). The highest BCUT2D eigenvalue weighted by atomic mass is 35.5. The summed E-state index contributed by atoms with van der Waals surface area (Å²) in [5.74, 6) is -1.14. The summed E-state index contributed by atoms with van der Waals surface area (Å²) >= 11 is 5.94. The fraction of sp³-hybridized carbons (Fsp3) is 0. The maximum atomic E-state index is 13.3. The van der Waals surface area contributed by atoms with Crippen molar-refractivity contribution in [2.75, 3.05) is 5.32 Å². The third kappa shape index (κ3) is 4.14. The van der Waals surface area contributed by atoms with Gasteiger partial charge in [0.05, 0.1) is 5.69 Å². The molecular formula is C21H13ClF2N4O. The van der Waals surface area contributed by atoms with E-state index in [0.29, 0.717) is 27.8 Å². The van der Waals surface area contributed by atoms with Crippen LogP contribution in [-0.4, -0.2) is 20.7 Å². The smallest absolute Gasteiger partial charge is 0.295 e. The van der Waals surface area contributed by atoms with E-state index in [2.05, 4.69) is 15.4 Å². The molecule has 0 saturated carbocycles. The van der Waals surface area contributed by atoms with Gasteiger partial charge >= 0.3 is 0 Å². The summed E-state index contributed by atoms with van der Waals surface area (Å²) < 4.78 is 28.0. The van der Waals surface area contributed by atoms with Crippen LogP contribution in [0, 0.1) is 11.6 Å². The van der Waals surface area contributed by atoms with Crippen molar-refractivity contribution >= 4 is 23.2 Å². The van der Waals surface area contributed by atoms with Gasteiger partial charge in [-0.25, -0.2) is 18.4 Å². The van der Waals surface area contributed by atoms with E-state index in [0.717, 1.165) is 0 Å². The topological polar surface area (TPSA) is 59.8 Å². The van der Waals surface area contributed by atoms with E-state index >= 15 is 0 Å². The Morgan fingerprint density at radius 3 is 2.24 bits per heavy atom. The molecule has 0 radical (unpaired) electrons. The predicted molar refractivity (Wildman–Crippen MR) is 106 cm³/mol. The first kappa shape index (κ1) is 18.8. The zero-order valence-electron chi connectivity index (χ0n) is 14.8. The fourth-order valence-corrected chi connectivity index (χ4v) is 2.90. The Morgan fingerprint density at radius 1 is 0.931 bits per heavy atom. The van der Waals surface area contributed by atoms with E-state index in [1.165, 1.54) is 53.2 Å². The van der Waals surface area contributed by atoms with Crippen molar-refractivity contribution in [3.05, 3.63) is 95.3 Å². The van der Waals surface area contributed by atoms with Crippen LogP contribution in [0.25, 0.3) is 17.1 Å². The van der Waals surface area contributed by atoms with Crippen molar-refractivity contribution in [1.82, 2.24) is 14.8 Å². The number of benzene rings is 3. The molecule has 3 aromatic carbocycles. The summed E-state index contributed by atoms with van der Waals surface area (Å²) in [5, 5.41) is 7.42. The minimum atomic E-state index is -0.545. The predicted octanol–water partition coefficient (Wildman–Crippen LogP) is 5.12. The number of nitrogens with zero attached hydrogens (tertiary/aromatic N) is 3. The van der Waals surface area contributed by atoms with Crippen molar-refractivity contribution in [3.8, 4) is 17.1 Å². The number of rotatable bonds is 4. The molecule has 0 atom stereocenters. The number of carbonyl (C=O) groups is 1. The van der Waals surface area contributed by atoms with Gasteiger partial charge in [-0.1, -0.05) is 17.7 Å². The largest absolute Gasteiger partial charge is 0.319 e. The lowest BCUT2D eigenvalue weighted by molar-refractivity contribution is 0.101. The molecule has 0 bridgehead atoms. The second-order valence-corrected chi connectivity index (χ2v) is 6.56. The first-order valence-corrected chi connectivity index (χ1v) is 8.93. The minimum Gasteiger partial charge on any atom is -0.319 e. The third-order valence-electron chi connectivity index (χ3n) is 4.07. The van der Waals surface area contributed by atoms with Gasteiger partial charge in [0, 0.05) is 16.3 Å². The average molecular weight is 411 g/mol. The zero-order valence-corrected chi connectivity index (χ0v) is 15.6. The van der Waals surface area contributed by atoms with Gasteiger partial charge in [-0.3, -0.25) is 4.79 Å². The summed E-state index contributed by atoms with van der Waals surface area (Å²) in [7, 11) is 0. The minimum absolute atomic E-state index is 0.103. The molecule has 144 valence electrons. The van der Waals surface area contributed by atoms with Crippen LogP contribution in [-0.2, 0) is 0 Å². The van der Waals surface area contributed by atoms with Gasteiger partial charge < -0.3 is 5.32 Å². The molecule has 4 aromatic rings. The van der Waals surface area contributed by atoms with E-state index in [-0.39, 0.29) is 5.82 Å². The van der Waals surface area contributed by atoms with Crippen LogP contribution in [0.3, 0.4) is 0 Å². The van der Waals surface area contributed by atoms with Crippen LogP contribution < -0.4 is 5.32 Å². The third-order valence-corrected chi connectivity index (χ3v) is 4.30. The van der Waals surface area contributed by atoms with Crippen molar-refractivity contribution in [2.24, 2.45) is 0 Å². The molecule has 0 aliphatic rings. The van der Waals surface area contributed by atoms with Crippen molar-refractivity contribution < 1.29 is 13.6 Å². The van der Waals surface area contributed by atoms with Crippen molar-refractivity contribution in [2.45, 2.75) is 0 Å². The summed E-state index contributed by atoms with van der Waals surface area (Å²) in [4.78, 5) is 17.0. The number of nitrogens with one attached hydrogen (secondary N) is 1. The maximum Gasteiger partial charge on any atom is 0.295 e. The van der Waals surface area contributed by atoms with Gasteiger partial charge in [0.25, 0.3) is 5.91 Å². The number of anilines is 1. The van der Waals surface area contributed by atoms with E-state index in [1.807, 2.05) is 0 Å². The van der Waals surface area contributed by atoms with Crippen molar-refractivity contribution in [1.29, 1.82) is 0 Å². The molecule has 1 amide bonds. The van der Waals surface area contributed by atoms with E-state index < -0.39 is 17.5 Å². The lowest BCUT2D eigenvalue weighted by Crippen LogP contribution is -2.14. The van der Waals surface area contributed by atoms with E-state index in [9.17, 15) is 13.6 Å². The Hall–Kier alpha value is -3.58. The van der Waals surface area contributed by atoms with E-state index in [4.69, 9.17) is 11.6 Å². The normalized spacial score (nSPS) is 10.7. The number of amides is 1. The quantitative estimate of drug-likeness (QED) is 0.508. The lowest BCUT2D eigenvalue weighted by Gasteiger charge is -2.05. The van der Waals surface area contributed by atoms with Crippen LogP contribution in [0.4, 0.5) is 14.5 Å². The Bertz CT molecular complexity index is 1110. The van der Waals surface area contributed by atoms with Crippen LogP contribution in [0.15, 0.2) is 72.8 Å². The van der Waals surface area contributed by atoms with E-state index in [1.54, 1.807) is 24.3 Å². The standard InChI is InChI=1S/C21H13ClF2N4O/c22-14-2-1-3-17(12-14)25-21(29)19-26-20(13-4-6-15(23)7-5-13)28(27-19)18-10-8-16(24)9-11-18/h1-12H,(H,25,29). The highest BCUT2D eigenvalue weighted by Crippen LogP contribution is 2.23. The molecule has 0 unspecified atom stereocenters. The van der Waals surface area contributed by atoms with Gasteiger partial charge in [-0.05, 0) is 66.7 Å². The number of aromatic nitrogens is 3. The summed E-state index contributed by atoms with van der Waals surface area (Å²) in [6, 6.07) is 17.8. The van der Waals surface area contributed by atoms with Crippen LogP contribution in [0.1, 0.15) is 10.6 Å². The summed E-state index contributed by atoms with van der Waals surface area (Å²) in [6.07, 6.45) is 0. The molecule has 1 N–H and O–H groups in total. The molecule has 1 aromatic heterocycles. The number of hydrogen-bond acceptors (Lipinski definition) is 3. The van der Waals surface area contributed by atoms with Gasteiger partial charge in [0.15, 0.2) is 5.82 Å². The van der Waals surface area contributed by atoms with Gasteiger partial charge in [0.1, 0.15) is 11.6 Å². The molecule has 0 fully saturated rings. The van der Waals surface area contributed by atoms with Crippen LogP contribution >= 0.6 is 11.6 Å². The molecule has 0 aliphatic carbocycles. The molecule has 0 saturated heterocycles. The van der Waals surface area contributed by atoms with Crippen molar-refractivity contribution in [3.63, 3.8) is 0 Å². The monoisotopic (exact) mass is 410 g/mol. The number of carbonyl (C=O) groups excluding carboxylic acids is 1. The molecule has 0 aliphatic heterocycles. The van der Waals surface area contributed by atoms with Gasteiger partial charge in [-0.15, -0.1) is 5.10 Å². The summed E-state index contributed by atoms with van der Waals surface area (Å²) in [6.45, 7) is 0. The fourth-order valence-electron chi connectivity index (χ4n) is 2.71. The highest BCUT2D eigenvalue weighted by molar-refractivity contribution is 6.30. The maximum absolute atomic E-state index is 13.3. The molecule has 1 heterocycles. The Balaban J connectivity index is 1.75. The van der Waals surface area contributed by atoms with Crippen LogP contribution in [0.5, 0.6) is 0 Å². The summed E-state index contributed by atoms with van der Waals surface area (Å²) in [5.41, 5.74) is 1.54. The highest BCUT2D eigenvalue weighted by Gasteiger charge is 2.19. The first-order valence-electron chi connectivity index (χ1n) is 8.55. The molecule has 0 spiro atoms. The van der Waals surface area contributed by atoms with Crippen LogP contribution in [0.2, 0.25) is 5.02 Å². The lowest BCUT2D eigenvalue weighted by atomic mass is 10.2. The second kappa shape index (κ2) is 7.81. The first-order chi connectivity index (χ1) is 14.0. The average Bonchev–Trinajstić information content (AvgIpc) is 3.15. The molecule has 5 nitrogen and oxygen atoms in total. The Morgan fingerprint density at radius 2 is 1.59 bits per heavy atom.